The number of carbonyl (C=O) groups is 1. The summed E-state index contributed by atoms with van der Waals surface area (Å²) in [5.41, 5.74) is 0.645. The van der Waals surface area contributed by atoms with Crippen LogP contribution in [0.5, 0.6) is 0 Å². The van der Waals surface area contributed by atoms with E-state index in [-0.39, 0.29) is 18.1 Å². The molecule has 126 valence electrons. The topological polar surface area (TPSA) is 42.4 Å². The van der Waals surface area contributed by atoms with Gasteiger partial charge in [0.2, 0.25) is 0 Å². The van der Waals surface area contributed by atoms with Gasteiger partial charge in [-0.3, -0.25) is 4.79 Å². The number of halogens is 1. The molecule has 1 aromatic heterocycles. The quantitative estimate of drug-likeness (QED) is 0.763. The highest BCUT2D eigenvalue weighted by Crippen LogP contribution is 2.30. The molecule has 1 amide bonds. The Labute approximate surface area is 154 Å². The minimum Gasteiger partial charge on any atom is -0.372 e. The van der Waals surface area contributed by atoms with Crippen LogP contribution in [0.4, 0.5) is 0 Å². The number of ether oxygens (including phenoxy) is 1. The zero-order chi connectivity index (χ0) is 17.1. The molecule has 2 unspecified atom stereocenters. The summed E-state index contributed by atoms with van der Waals surface area (Å²) < 4.78 is 6.75. The molecule has 1 aliphatic heterocycles. The Morgan fingerprint density at radius 1 is 1.21 bits per heavy atom. The van der Waals surface area contributed by atoms with E-state index in [1.54, 1.807) is 6.20 Å². The molecule has 6 heteroatoms. The first kappa shape index (κ1) is 17.5. The Balaban J connectivity index is 1.83. The van der Waals surface area contributed by atoms with Crippen molar-refractivity contribution in [3.63, 3.8) is 0 Å². The van der Waals surface area contributed by atoms with Crippen LogP contribution in [0.15, 0.2) is 57.0 Å². The van der Waals surface area contributed by atoms with Gasteiger partial charge in [0.15, 0.2) is 0 Å². The number of morpholine rings is 1. The molecule has 3 rings (SSSR count). The van der Waals surface area contributed by atoms with Gasteiger partial charge in [-0.2, -0.15) is 0 Å². The van der Waals surface area contributed by atoms with Crippen LogP contribution in [0.2, 0.25) is 0 Å². The average Bonchev–Trinajstić information content (AvgIpc) is 2.56. The van der Waals surface area contributed by atoms with Gasteiger partial charge in [0.1, 0.15) is 5.03 Å². The van der Waals surface area contributed by atoms with Crippen molar-refractivity contribution < 1.29 is 9.53 Å². The summed E-state index contributed by atoms with van der Waals surface area (Å²) in [5.74, 6) is 0.0183. The molecule has 1 aromatic carbocycles. The fourth-order valence-electron chi connectivity index (χ4n) is 2.76. The fourth-order valence-corrected chi connectivity index (χ4v) is 3.90. The van der Waals surface area contributed by atoms with Gasteiger partial charge in [0, 0.05) is 28.7 Å². The van der Waals surface area contributed by atoms with Crippen molar-refractivity contribution in [3.05, 3.63) is 52.6 Å². The van der Waals surface area contributed by atoms with Crippen molar-refractivity contribution in [2.75, 3.05) is 13.1 Å². The molecule has 1 fully saturated rings. The second kappa shape index (κ2) is 7.68. The SMILES string of the molecule is CC1CN(C(=O)c2cccnc2Sc2ccc(Br)cc2)CC(C)O1. The van der Waals surface area contributed by atoms with Gasteiger partial charge < -0.3 is 9.64 Å². The Bertz CT molecular complexity index is 713. The maximum absolute atomic E-state index is 13.0. The van der Waals surface area contributed by atoms with Crippen LogP contribution in [0.25, 0.3) is 0 Å². The lowest BCUT2D eigenvalue weighted by Crippen LogP contribution is -2.48. The number of aromatic nitrogens is 1. The van der Waals surface area contributed by atoms with Crippen molar-refractivity contribution in [1.82, 2.24) is 9.88 Å². The fraction of sp³-hybridized carbons (Fsp3) is 0.333. The summed E-state index contributed by atoms with van der Waals surface area (Å²) in [6.45, 7) is 5.22. The minimum atomic E-state index is 0.0183. The number of nitrogens with zero attached hydrogens (tertiary/aromatic N) is 2. The van der Waals surface area contributed by atoms with E-state index in [4.69, 9.17) is 4.74 Å². The highest BCUT2D eigenvalue weighted by atomic mass is 79.9. The summed E-state index contributed by atoms with van der Waals surface area (Å²) in [4.78, 5) is 20.3. The molecule has 0 N–H and O–H groups in total. The number of pyridine rings is 1. The van der Waals surface area contributed by atoms with Gasteiger partial charge in [-0.05, 0) is 50.2 Å². The van der Waals surface area contributed by atoms with Crippen molar-refractivity contribution in [2.24, 2.45) is 0 Å². The number of benzene rings is 1. The molecule has 4 nitrogen and oxygen atoms in total. The van der Waals surface area contributed by atoms with Gasteiger partial charge in [0.05, 0.1) is 17.8 Å². The van der Waals surface area contributed by atoms with E-state index in [1.165, 1.54) is 11.8 Å². The summed E-state index contributed by atoms with van der Waals surface area (Å²) >= 11 is 4.94. The molecule has 0 radical (unpaired) electrons. The Morgan fingerprint density at radius 3 is 2.54 bits per heavy atom. The lowest BCUT2D eigenvalue weighted by Gasteiger charge is -2.35. The minimum absolute atomic E-state index is 0.0183. The molecule has 0 bridgehead atoms. The van der Waals surface area contributed by atoms with Crippen LogP contribution < -0.4 is 0 Å². The van der Waals surface area contributed by atoms with Crippen LogP contribution >= 0.6 is 27.7 Å². The second-order valence-corrected chi connectivity index (χ2v) is 7.86. The first-order valence-corrected chi connectivity index (χ1v) is 9.47. The second-order valence-electron chi connectivity index (χ2n) is 5.88. The molecule has 1 saturated heterocycles. The lowest BCUT2D eigenvalue weighted by atomic mass is 10.2. The Hall–Kier alpha value is -1.37. The Kier molecular flexibility index (Phi) is 5.58. The van der Waals surface area contributed by atoms with E-state index >= 15 is 0 Å². The van der Waals surface area contributed by atoms with E-state index in [0.717, 1.165) is 14.4 Å². The van der Waals surface area contributed by atoms with E-state index < -0.39 is 0 Å². The van der Waals surface area contributed by atoms with Crippen molar-refractivity contribution >= 4 is 33.6 Å². The first-order chi connectivity index (χ1) is 11.5. The molecule has 0 saturated carbocycles. The number of rotatable bonds is 3. The molecule has 24 heavy (non-hydrogen) atoms. The van der Waals surface area contributed by atoms with Gasteiger partial charge in [0.25, 0.3) is 5.91 Å². The van der Waals surface area contributed by atoms with Gasteiger partial charge in [-0.15, -0.1) is 0 Å². The molecule has 0 aliphatic carbocycles. The van der Waals surface area contributed by atoms with Crippen molar-refractivity contribution in [3.8, 4) is 0 Å². The van der Waals surface area contributed by atoms with Crippen LogP contribution in [0.3, 0.4) is 0 Å². The molecule has 2 aromatic rings. The maximum atomic E-state index is 13.0. The molecule has 2 heterocycles. The zero-order valence-corrected chi connectivity index (χ0v) is 16.0. The van der Waals surface area contributed by atoms with Crippen LogP contribution in [-0.2, 0) is 4.74 Å². The lowest BCUT2D eigenvalue weighted by molar-refractivity contribution is -0.0587. The number of hydrogen-bond donors (Lipinski definition) is 0. The first-order valence-electron chi connectivity index (χ1n) is 7.86. The van der Waals surface area contributed by atoms with Crippen LogP contribution in [0.1, 0.15) is 24.2 Å². The third-order valence-electron chi connectivity index (χ3n) is 3.74. The normalized spacial score (nSPS) is 20.9. The summed E-state index contributed by atoms with van der Waals surface area (Å²) in [6.07, 6.45) is 1.83. The van der Waals surface area contributed by atoms with Crippen molar-refractivity contribution in [1.29, 1.82) is 0 Å². The summed E-state index contributed by atoms with van der Waals surface area (Å²) in [7, 11) is 0. The van der Waals surface area contributed by atoms with E-state index in [0.29, 0.717) is 18.7 Å². The highest BCUT2D eigenvalue weighted by molar-refractivity contribution is 9.10. The number of carbonyl (C=O) groups excluding carboxylic acids is 1. The third-order valence-corrected chi connectivity index (χ3v) is 5.29. The summed E-state index contributed by atoms with van der Waals surface area (Å²) in [6, 6.07) is 11.6. The summed E-state index contributed by atoms with van der Waals surface area (Å²) in [5, 5.41) is 0.733. The molecular weight excluding hydrogens is 388 g/mol. The van der Waals surface area contributed by atoms with E-state index in [9.17, 15) is 4.79 Å². The van der Waals surface area contributed by atoms with Crippen LogP contribution in [0, 0.1) is 0 Å². The molecular formula is C18H19BrN2O2S. The third kappa shape index (κ3) is 4.18. The molecule has 2 atom stereocenters. The van der Waals surface area contributed by atoms with Gasteiger partial charge in [-0.1, -0.05) is 27.7 Å². The van der Waals surface area contributed by atoms with Crippen LogP contribution in [-0.4, -0.2) is 41.1 Å². The van der Waals surface area contributed by atoms with E-state index in [1.807, 2.05) is 55.1 Å². The molecule has 0 spiro atoms. The smallest absolute Gasteiger partial charge is 0.256 e. The Morgan fingerprint density at radius 2 is 1.88 bits per heavy atom. The number of hydrogen-bond acceptors (Lipinski definition) is 4. The predicted octanol–water partition coefficient (Wildman–Crippen LogP) is 4.24. The number of amides is 1. The zero-order valence-electron chi connectivity index (χ0n) is 13.6. The van der Waals surface area contributed by atoms with Crippen molar-refractivity contribution in [2.45, 2.75) is 36.0 Å². The van der Waals surface area contributed by atoms with Gasteiger partial charge >= 0.3 is 0 Å². The maximum Gasteiger partial charge on any atom is 0.256 e. The monoisotopic (exact) mass is 406 g/mol. The van der Waals surface area contributed by atoms with E-state index in [2.05, 4.69) is 20.9 Å². The van der Waals surface area contributed by atoms with Gasteiger partial charge in [-0.25, -0.2) is 4.98 Å². The highest BCUT2D eigenvalue weighted by Gasteiger charge is 2.28. The predicted molar refractivity (Wildman–Crippen MR) is 98.4 cm³/mol. The molecule has 1 aliphatic rings. The largest absolute Gasteiger partial charge is 0.372 e. The standard InChI is InChI=1S/C18H19BrN2O2S/c1-12-10-21(11-13(2)23-12)18(22)16-4-3-9-20-17(16)24-15-7-5-14(19)6-8-15/h3-9,12-13H,10-11H2,1-2H3. The average molecular weight is 407 g/mol.